The number of nitrogens with zero attached hydrogens (tertiary/aromatic N) is 1. The predicted molar refractivity (Wildman–Crippen MR) is 64.4 cm³/mol. The minimum absolute atomic E-state index is 0.186. The molecule has 1 saturated heterocycles. The van der Waals surface area contributed by atoms with E-state index < -0.39 is 17.9 Å². The summed E-state index contributed by atoms with van der Waals surface area (Å²) in [5.74, 6) is -0.731. The van der Waals surface area contributed by atoms with Crippen LogP contribution in [0.15, 0.2) is 18.3 Å². The van der Waals surface area contributed by atoms with Crippen molar-refractivity contribution < 1.29 is 19.1 Å². The highest BCUT2D eigenvalue weighted by Crippen LogP contribution is 2.09. The molecule has 1 atom stereocenters. The van der Waals surface area contributed by atoms with Gasteiger partial charge in [-0.2, -0.15) is 0 Å². The van der Waals surface area contributed by atoms with Crippen molar-refractivity contribution in [1.82, 2.24) is 15.6 Å². The van der Waals surface area contributed by atoms with Gasteiger partial charge in [-0.15, -0.1) is 0 Å². The fourth-order valence-corrected chi connectivity index (χ4v) is 1.70. The van der Waals surface area contributed by atoms with E-state index in [1.165, 1.54) is 19.4 Å². The fourth-order valence-electron chi connectivity index (χ4n) is 1.70. The van der Waals surface area contributed by atoms with E-state index >= 15 is 0 Å². The predicted octanol–water partition coefficient (Wildman–Crippen LogP) is -0.375. The summed E-state index contributed by atoms with van der Waals surface area (Å²) < 4.78 is 4.93. The molecule has 0 saturated carbocycles. The van der Waals surface area contributed by atoms with Gasteiger partial charge in [0.25, 0.3) is 5.91 Å². The standard InChI is InChI=1S/C12H13N3O4/c1-19-7-2-3-8(13-6-7)11(17)14-9-4-5-10(16)15-12(9)18/h2-3,6,9H,4-5H2,1H3,(H,14,17)(H,15,16,18). The fraction of sp³-hybridized carbons (Fsp3) is 0.333. The van der Waals surface area contributed by atoms with Gasteiger partial charge >= 0.3 is 0 Å². The SMILES string of the molecule is COc1ccc(C(=O)NC2CCC(=O)NC2=O)nc1. The van der Waals surface area contributed by atoms with Gasteiger partial charge in [0.05, 0.1) is 13.3 Å². The first-order valence-electron chi connectivity index (χ1n) is 5.75. The summed E-state index contributed by atoms with van der Waals surface area (Å²) in [5.41, 5.74) is 0.186. The smallest absolute Gasteiger partial charge is 0.270 e. The number of hydrogen-bond acceptors (Lipinski definition) is 5. The zero-order chi connectivity index (χ0) is 13.8. The molecule has 7 heteroatoms. The molecular weight excluding hydrogens is 250 g/mol. The number of aromatic nitrogens is 1. The average molecular weight is 263 g/mol. The van der Waals surface area contributed by atoms with Crippen LogP contribution in [0.3, 0.4) is 0 Å². The van der Waals surface area contributed by atoms with Crippen molar-refractivity contribution in [2.24, 2.45) is 0 Å². The van der Waals surface area contributed by atoms with Crippen LogP contribution in [0.25, 0.3) is 0 Å². The number of ether oxygens (including phenoxy) is 1. The Balaban J connectivity index is 2.00. The Morgan fingerprint density at radius 3 is 2.84 bits per heavy atom. The molecular formula is C12H13N3O4. The highest BCUT2D eigenvalue weighted by atomic mass is 16.5. The number of nitrogens with one attached hydrogen (secondary N) is 2. The first-order valence-corrected chi connectivity index (χ1v) is 5.75. The molecule has 19 heavy (non-hydrogen) atoms. The van der Waals surface area contributed by atoms with Crippen molar-refractivity contribution in [2.75, 3.05) is 7.11 Å². The van der Waals surface area contributed by atoms with E-state index in [4.69, 9.17) is 4.74 Å². The van der Waals surface area contributed by atoms with Crippen LogP contribution >= 0.6 is 0 Å². The minimum Gasteiger partial charge on any atom is -0.495 e. The molecule has 1 unspecified atom stereocenters. The summed E-state index contributed by atoms with van der Waals surface area (Å²) >= 11 is 0. The highest BCUT2D eigenvalue weighted by molar-refractivity contribution is 6.03. The first-order chi connectivity index (χ1) is 9.10. The monoisotopic (exact) mass is 263 g/mol. The van der Waals surface area contributed by atoms with E-state index in [0.717, 1.165) is 0 Å². The van der Waals surface area contributed by atoms with Gasteiger partial charge in [-0.25, -0.2) is 4.98 Å². The Bertz CT molecular complexity index is 512. The average Bonchev–Trinajstić information content (AvgIpc) is 2.42. The third kappa shape index (κ3) is 3.06. The normalized spacial score (nSPS) is 18.7. The topological polar surface area (TPSA) is 97.4 Å². The number of carbonyl (C=O) groups excluding carboxylic acids is 3. The second-order valence-corrected chi connectivity index (χ2v) is 4.06. The second kappa shape index (κ2) is 5.47. The lowest BCUT2D eigenvalue weighted by Gasteiger charge is -2.21. The zero-order valence-corrected chi connectivity index (χ0v) is 10.3. The highest BCUT2D eigenvalue weighted by Gasteiger charge is 2.28. The maximum atomic E-state index is 11.9. The number of rotatable bonds is 3. The molecule has 1 aromatic rings. The molecule has 2 heterocycles. The second-order valence-electron chi connectivity index (χ2n) is 4.06. The van der Waals surface area contributed by atoms with Crippen LogP contribution in [-0.4, -0.2) is 35.9 Å². The van der Waals surface area contributed by atoms with Crippen molar-refractivity contribution in [1.29, 1.82) is 0 Å². The largest absolute Gasteiger partial charge is 0.495 e. The molecule has 0 bridgehead atoms. The molecule has 3 amide bonds. The lowest BCUT2D eigenvalue weighted by molar-refractivity contribution is -0.134. The van der Waals surface area contributed by atoms with Crippen molar-refractivity contribution in [3.05, 3.63) is 24.0 Å². The lowest BCUT2D eigenvalue weighted by atomic mass is 10.1. The van der Waals surface area contributed by atoms with E-state index in [1.807, 2.05) is 0 Å². The number of hydrogen-bond donors (Lipinski definition) is 2. The van der Waals surface area contributed by atoms with Crippen LogP contribution in [0.4, 0.5) is 0 Å². The maximum absolute atomic E-state index is 11.9. The van der Waals surface area contributed by atoms with E-state index in [-0.39, 0.29) is 18.0 Å². The molecule has 2 N–H and O–H groups in total. The van der Waals surface area contributed by atoms with Gasteiger partial charge < -0.3 is 10.1 Å². The van der Waals surface area contributed by atoms with Gasteiger partial charge in [-0.3, -0.25) is 19.7 Å². The van der Waals surface area contributed by atoms with E-state index in [9.17, 15) is 14.4 Å². The van der Waals surface area contributed by atoms with Crippen LogP contribution in [-0.2, 0) is 9.59 Å². The van der Waals surface area contributed by atoms with Crippen LogP contribution in [0.1, 0.15) is 23.3 Å². The Labute approximate surface area is 109 Å². The Kier molecular flexibility index (Phi) is 3.74. The van der Waals surface area contributed by atoms with Crippen LogP contribution in [0.5, 0.6) is 5.75 Å². The van der Waals surface area contributed by atoms with E-state index in [0.29, 0.717) is 12.2 Å². The molecule has 0 aliphatic carbocycles. The molecule has 7 nitrogen and oxygen atoms in total. The van der Waals surface area contributed by atoms with Crippen molar-refractivity contribution in [3.8, 4) is 5.75 Å². The number of carbonyl (C=O) groups is 3. The molecule has 0 spiro atoms. The van der Waals surface area contributed by atoms with Gasteiger partial charge in [0.1, 0.15) is 17.5 Å². The number of methoxy groups -OCH3 is 1. The van der Waals surface area contributed by atoms with Gasteiger partial charge in [-0.1, -0.05) is 0 Å². The molecule has 0 aromatic carbocycles. The van der Waals surface area contributed by atoms with Gasteiger partial charge in [0.15, 0.2) is 0 Å². The summed E-state index contributed by atoms with van der Waals surface area (Å²) in [7, 11) is 1.50. The van der Waals surface area contributed by atoms with E-state index in [1.54, 1.807) is 6.07 Å². The lowest BCUT2D eigenvalue weighted by Crippen LogP contribution is -2.52. The molecule has 2 rings (SSSR count). The van der Waals surface area contributed by atoms with Crippen molar-refractivity contribution in [3.63, 3.8) is 0 Å². The Morgan fingerprint density at radius 2 is 2.26 bits per heavy atom. The molecule has 1 fully saturated rings. The molecule has 1 aromatic heterocycles. The number of piperidine rings is 1. The summed E-state index contributed by atoms with van der Waals surface area (Å²) in [6, 6.07) is 2.40. The molecule has 0 radical (unpaired) electrons. The third-order valence-electron chi connectivity index (χ3n) is 2.75. The quantitative estimate of drug-likeness (QED) is 0.725. The first kappa shape index (κ1) is 13.0. The Hall–Kier alpha value is -2.44. The molecule has 100 valence electrons. The minimum atomic E-state index is -0.700. The molecule has 1 aliphatic heterocycles. The van der Waals surface area contributed by atoms with Crippen molar-refractivity contribution >= 4 is 17.7 Å². The van der Waals surface area contributed by atoms with E-state index in [2.05, 4.69) is 15.6 Å². The van der Waals surface area contributed by atoms with Crippen LogP contribution in [0, 0.1) is 0 Å². The Morgan fingerprint density at radius 1 is 1.47 bits per heavy atom. The van der Waals surface area contributed by atoms with Gasteiger partial charge in [-0.05, 0) is 18.6 Å². The van der Waals surface area contributed by atoms with Crippen LogP contribution in [0.2, 0.25) is 0 Å². The number of pyridine rings is 1. The zero-order valence-electron chi connectivity index (χ0n) is 10.3. The molecule has 1 aliphatic rings. The number of amides is 3. The van der Waals surface area contributed by atoms with Gasteiger partial charge in [0.2, 0.25) is 11.8 Å². The summed E-state index contributed by atoms with van der Waals surface area (Å²) in [4.78, 5) is 38.2. The van der Waals surface area contributed by atoms with Crippen molar-refractivity contribution in [2.45, 2.75) is 18.9 Å². The summed E-state index contributed by atoms with van der Waals surface area (Å²) in [6.07, 6.45) is 1.93. The summed E-state index contributed by atoms with van der Waals surface area (Å²) in [6.45, 7) is 0. The maximum Gasteiger partial charge on any atom is 0.270 e. The summed E-state index contributed by atoms with van der Waals surface area (Å²) in [5, 5.41) is 4.71. The van der Waals surface area contributed by atoms with Gasteiger partial charge in [0, 0.05) is 6.42 Å². The number of imide groups is 1. The third-order valence-corrected chi connectivity index (χ3v) is 2.75. The van der Waals surface area contributed by atoms with Crippen LogP contribution < -0.4 is 15.4 Å².